The molecule has 84 valence electrons. The third-order valence-electron chi connectivity index (χ3n) is 2.81. The van der Waals surface area contributed by atoms with Crippen molar-refractivity contribution < 1.29 is 0 Å². The molecule has 1 aromatic carbocycles. The number of rotatable bonds is 3. The van der Waals surface area contributed by atoms with Crippen molar-refractivity contribution >= 4 is 11.0 Å². The van der Waals surface area contributed by atoms with Crippen molar-refractivity contribution in [3.05, 3.63) is 46.9 Å². The Hall–Kier alpha value is -1.77. The van der Waals surface area contributed by atoms with Crippen molar-refractivity contribution in [2.45, 2.75) is 19.9 Å². The van der Waals surface area contributed by atoms with E-state index in [-0.39, 0.29) is 5.69 Å². The first kappa shape index (κ1) is 10.7. The van der Waals surface area contributed by atoms with E-state index in [0.717, 1.165) is 23.0 Å². The van der Waals surface area contributed by atoms with E-state index in [1.54, 1.807) is 4.57 Å². The number of nitrogens with zero attached hydrogens (tertiary/aromatic N) is 2. The van der Waals surface area contributed by atoms with Crippen molar-refractivity contribution in [1.29, 1.82) is 0 Å². The topological polar surface area (TPSA) is 26.9 Å². The fraction of sp³-hybridized carbons (Fsp3) is 0.308. The second-order valence-corrected chi connectivity index (χ2v) is 4.19. The van der Waals surface area contributed by atoms with Crippen LogP contribution in [0.4, 0.5) is 0 Å². The molecule has 0 N–H and O–H groups in total. The minimum atomic E-state index is 0.0439. The molecule has 0 aliphatic carbocycles. The van der Waals surface area contributed by atoms with Crippen LogP contribution < -0.4 is 5.69 Å². The lowest BCUT2D eigenvalue weighted by atomic mass is 10.2. The van der Waals surface area contributed by atoms with Crippen molar-refractivity contribution in [1.82, 2.24) is 9.13 Å². The van der Waals surface area contributed by atoms with Crippen LogP contribution in [0.2, 0.25) is 0 Å². The van der Waals surface area contributed by atoms with Crippen molar-refractivity contribution in [3.8, 4) is 0 Å². The number of imidazole rings is 1. The zero-order chi connectivity index (χ0) is 11.7. The summed E-state index contributed by atoms with van der Waals surface area (Å²) in [5.74, 6) is 0. The molecule has 3 nitrogen and oxygen atoms in total. The molecule has 0 fully saturated rings. The molecule has 0 saturated carbocycles. The van der Waals surface area contributed by atoms with Gasteiger partial charge in [-0.25, -0.2) is 4.79 Å². The molecule has 1 heterocycles. The molecule has 2 rings (SSSR count). The Morgan fingerprint density at radius 3 is 2.56 bits per heavy atom. The number of aryl methyl sites for hydroxylation is 2. The number of hydrogen-bond donors (Lipinski definition) is 0. The molecule has 0 saturated heterocycles. The van der Waals surface area contributed by atoms with E-state index < -0.39 is 0 Å². The summed E-state index contributed by atoms with van der Waals surface area (Å²) in [4.78, 5) is 12.0. The summed E-state index contributed by atoms with van der Waals surface area (Å²) in [6.07, 6.45) is 0.841. The quantitative estimate of drug-likeness (QED) is 0.723. The number of para-hydroxylation sites is 2. The van der Waals surface area contributed by atoms with Gasteiger partial charge in [0.1, 0.15) is 0 Å². The standard InChI is InChI=1S/C13H16N2O/c1-10(2)8-9-15-12-7-5-4-6-11(12)14(3)13(15)16/h4-7H,1,8-9H2,2-3H3. The maximum absolute atomic E-state index is 12.0. The molecule has 2 aromatic rings. The molecule has 3 heteroatoms. The van der Waals surface area contributed by atoms with Gasteiger partial charge in [-0.3, -0.25) is 9.13 Å². The predicted molar refractivity (Wildman–Crippen MR) is 66.6 cm³/mol. The molecule has 0 spiro atoms. The van der Waals surface area contributed by atoms with Crippen LogP contribution >= 0.6 is 0 Å². The first-order chi connectivity index (χ1) is 7.61. The molecule has 0 aliphatic heterocycles. The Morgan fingerprint density at radius 1 is 1.31 bits per heavy atom. The van der Waals surface area contributed by atoms with Crippen LogP contribution in [0.15, 0.2) is 41.2 Å². The Kier molecular flexibility index (Phi) is 2.69. The SMILES string of the molecule is C=C(C)CCn1c(=O)n(C)c2ccccc21. The molecule has 1 aromatic heterocycles. The van der Waals surface area contributed by atoms with Crippen LogP contribution in [0.5, 0.6) is 0 Å². The van der Waals surface area contributed by atoms with Crippen molar-refractivity contribution in [3.63, 3.8) is 0 Å². The molecule has 0 radical (unpaired) electrons. The normalized spacial score (nSPS) is 10.9. The molecule has 0 aliphatic rings. The van der Waals surface area contributed by atoms with Crippen LogP contribution in [-0.4, -0.2) is 9.13 Å². The summed E-state index contributed by atoms with van der Waals surface area (Å²) < 4.78 is 3.50. The smallest absolute Gasteiger partial charge is 0.295 e. The zero-order valence-corrected chi connectivity index (χ0v) is 9.73. The molecule has 0 atom stereocenters. The maximum Gasteiger partial charge on any atom is 0.328 e. The first-order valence-corrected chi connectivity index (χ1v) is 5.40. The molecule has 0 amide bonds. The second kappa shape index (κ2) is 4.00. The van der Waals surface area contributed by atoms with Gasteiger partial charge < -0.3 is 0 Å². The van der Waals surface area contributed by atoms with E-state index in [4.69, 9.17) is 0 Å². The van der Waals surface area contributed by atoms with Crippen LogP contribution in [0.1, 0.15) is 13.3 Å². The highest BCUT2D eigenvalue weighted by atomic mass is 16.1. The van der Waals surface area contributed by atoms with E-state index in [1.807, 2.05) is 42.8 Å². The number of allylic oxidation sites excluding steroid dienone is 1. The molecular weight excluding hydrogens is 200 g/mol. The summed E-state index contributed by atoms with van der Waals surface area (Å²) in [5, 5.41) is 0. The van der Waals surface area contributed by atoms with E-state index in [1.165, 1.54) is 0 Å². The van der Waals surface area contributed by atoms with Crippen molar-refractivity contribution in [2.75, 3.05) is 0 Å². The van der Waals surface area contributed by atoms with Gasteiger partial charge in [-0.15, -0.1) is 6.58 Å². The van der Waals surface area contributed by atoms with E-state index in [2.05, 4.69) is 6.58 Å². The monoisotopic (exact) mass is 216 g/mol. The molecule has 0 unspecified atom stereocenters. The highest BCUT2D eigenvalue weighted by molar-refractivity contribution is 5.75. The molecule has 0 bridgehead atoms. The van der Waals surface area contributed by atoms with Gasteiger partial charge in [-0.2, -0.15) is 0 Å². The van der Waals surface area contributed by atoms with Gasteiger partial charge in [0.05, 0.1) is 11.0 Å². The summed E-state index contributed by atoms with van der Waals surface area (Å²) in [6, 6.07) is 7.85. The average Bonchev–Trinajstić information content (AvgIpc) is 2.50. The third kappa shape index (κ3) is 1.69. The number of benzene rings is 1. The Morgan fingerprint density at radius 2 is 1.94 bits per heavy atom. The fourth-order valence-corrected chi connectivity index (χ4v) is 1.88. The van der Waals surface area contributed by atoms with E-state index in [0.29, 0.717) is 6.54 Å². The average molecular weight is 216 g/mol. The molecule has 16 heavy (non-hydrogen) atoms. The van der Waals surface area contributed by atoms with Gasteiger partial charge in [0, 0.05) is 13.6 Å². The lowest BCUT2D eigenvalue weighted by Crippen LogP contribution is -2.22. The summed E-state index contributed by atoms with van der Waals surface area (Å²) >= 11 is 0. The number of fused-ring (bicyclic) bond motifs is 1. The van der Waals surface area contributed by atoms with Gasteiger partial charge >= 0.3 is 5.69 Å². The summed E-state index contributed by atoms with van der Waals surface area (Å²) in [7, 11) is 1.81. The predicted octanol–water partition coefficient (Wildman–Crippen LogP) is 2.31. The number of aromatic nitrogens is 2. The number of hydrogen-bond acceptors (Lipinski definition) is 1. The maximum atomic E-state index is 12.0. The van der Waals surface area contributed by atoms with Gasteiger partial charge in [0.15, 0.2) is 0 Å². The van der Waals surface area contributed by atoms with Crippen molar-refractivity contribution in [2.24, 2.45) is 7.05 Å². The molecular formula is C13H16N2O. The van der Waals surface area contributed by atoms with E-state index >= 15 is 0 Å². The van der Waals surface area contributed by atoms with Gasteiger partial charge in [-0.05, 0) is 25.5 Å². The highest BCUT2D eigenvalue weighted by Crippen LogP contribution is 2.12. The first-order valence-electron chi connectivity index (χ1n) is 5.40. The lowest BCUT2D eigenvalue weighted by molar-refractivity contribution is 0.663. The van der Waals surface area contributed by atoms with Crippen LogP contribution in [0.25, 0.3) is 11.0 Å². The van der Waals surface area contributed by atoms with Crippen LogP contribution in [0.3, 0.4) is 0 Å². The Labute approximate surface area is 94.6 Å². The largest absolute Gasteiger partial charge is 0.328 e. The minimum Gasteiger partial charge on any atom is -0.295 e. The van der Waals surface area contributed by atoms with Gasteiger partial charge in [0.2, 0.25) is 0 Å². The van der Waals surface area contributed by atoms with Gasteiger partial charge in [-0.1, -0.05) is 17.7 Å². The minimum absolute atomic E-state index is 0.0439. The Balaban J connectivity index is 2.55. The zero-order valence-electron chi connectivity index (χ0n) is 9.73. The highest BCUT2D eigenvalue weighted by Gasteiger charge is 2.08. The Bertz CT molecular complexity index is 589. The van der Waals surface area contributed by atoms with Crippen LogP contribution in [0, 0.1) is 0 Å². The van der Waals surface area contributed by atoms with Crippen LogP contribution in [-0.2, 0) is 13.6 Å². The summed E-state index contributed by atoms with van der Waals surface area (Å²) in [5.41, 5.74) is 3.12. The van der Waals surface area contributed by atoms with Gasteiger partial charge in [0.25, 0.3) is 0 Å². The third-order valence-corrected chi connectivity index (χ3v) is 2.81. The lowest BCUT2D eigenvalue weighted by Gasteiger charge is -2.02. The summed E-state index contributed by atoms with van der Waals surface area (Å²) in [6.45, 7) is 6.55. The second-order valence-electron chi connectivity index (χ2n) is 4.19. The van der Waals surface area contributed by atoms with E-state index in [9.17, 15) is 4.79 Å². The fourth-order valence-electron chi connectivity index (χ4n) is 1.88.